The fourth-order valence-electron chi connectivity index (χ4n) is 1.42. The minimum Gasteiger partial charge on any atom is -0.392 e. The first-order chi connectivity index (χ1) is 9.05. The van der Waals surface area contributed by atoms with Crippen LogP contribution in [0, 0.1) is 5.82 Å². The number of hydrogen-bond donors (Lipinski definition) is 1. The molecule has 1 unspecified atom stereocenters. The van der Waals surface area contributed by atoms with Crippen LogP contribution in [0.3, 0.4) is 0 Å². The van der Waals surface area contributed by atoms with Gasteiger partial charge in [0.2, 0.25) is 0 Å². The van der Waals surface area contributed by atoms with Gasteiger partial charge in [-0.3, -0.25) is 4.79 Å². The smallest absolute Gasteiger partial charge is 0.392 e. The zero-order valence-corrected chi connectivity index (χ0v) is 11.5. The van der Waals surface area contributed by atoms with Gasteiger partial charge in [-0.1, -0.05) is 12.2 Å². The minimum absolute atomic E-state index is 0.0202. The number of carbonyl (C=O) groups excluding carboxylic acids is 1. The Balaban J connectivity index is 3.19. The first-order valence-electron chi connectivity index (χ1n) is 5.49. The number of thiocarbonyl (C=S) groups is 1. The molecular weight excluding hydrogens is 296 g/mol. The van der Waals surface area contributed by atoms with Crippen molar-refractivity contribution in [1.82, 2.24) is 4.90 Å². The molecule has 0 aromatic heterocycles. The van der Waals surface area contributed by atoms with Gasteiger partial charge in [0.05, 0.1) is 22.2 Å². The number of likely N-dealkylation sites (N-methyl/N-ethyl adjacent to an activating group) is 1. The van der Waals surface area contributed by atoms with Gasteiger partial charge in [0, 0.05) is 7.05 Å². The van der Waals surface area contributed by atoms with E-state index in [1.165, 1.54) is 14.0 Å². The second-order valence-corrected chi connectivity index (χ2v) is 4.66. The van der Waals surface area contributed by atoms with Crippen LogP contribution in [0.2, 0.25) is 0 Å². The van der Waals surface area contributed by atoms with Gasteiger partial charge in [-0.05, 0) is 25.1 Å². The predicted molar refractivity (Wildman–Crippen MR) is 69.7 cm³/mol. The van der Waals surface area contributed by atoms with Crippen LogP contribution in [-0.2, 0) is 6.18 Å². The average molecular weight is 308 g/mol. The first-order valence-corrected chi connectivity index (χ1v) is 5.89. The highest BCUT2D eigenvalue weighted by Gasteiger charge is 2.32. The molecule has 0 saturated carbocycles. The number of nitrogens with two attached hydrogens (primary N) is 1. The fourth-order valence-corrected chi connectivity index (χ4v) is 1.58. The van der Waals surface area contributed by atoms with Gasteiger partial charge in [0.25, 0.3) is 5.91 Å². The number of amides is 1. The third-order valence-electron chi connectivity index (χ3n) is 2.84. The average Bonchev–Trinajstić information content (AvgIpc) is 2.35. The molecule has 110 valence electrons. The Morgan fingerprint density at radius 3 is 2.40 bits per heavy atom. The van der Waals surface area contributed by atoms with E-state index < -0.39 is 35.1 Å². The van der Waals surface area contributed by atoms with Crippen molar-refractivity contribution in [1.29, 1.82) is 0 Å². The molecule has 0 bridgehead atoms. The molecule has 1 rings (SSSR count). The maximum atomic E-state index is 13.6. The van der Waals surface area contributed by atoms with E-state index in [9.17, 15) is 22.4 Å². The summed E-state index contributed by atoms with van der Waals surface area (Å²) in [5, 5.41) is 0. The molecule has 1 atom stereocenters. The summed E-state index contributed by atoms with van der Waals surface area (Å²) in [4.78, 5) is 13.0. The molecule has 1 aromatic rings. The van der Waals surface area contributed by atoms with E-state index in [-0.39, 0.29) is 4.99 Å². The molecule has 0 fully saturated rings. The van der Waals surface area contributed by atoms with Crippen LogP contribution >= 0.6 is 12.2 Å². The number of carbonyl (C=O) groups is 1. The summed E-state index contributed by atoms with van der Waals surface area (Å²) in [6.07, 6.45) is -4.66. The third kappa shape index (κ3) is 3.44. The highest BCUT2D eigenvalue weighted by Crippen LogP contribution is 2.30. The van der Waals surface area contributed by atoms with Crippen molar-refractivity contribution in [3.05, 3.63) is 35.1 Å². The molecule has 0 aliphatic heterocycles. The molecule has 0 saturated heterocycles. The fraction of sp³-hybridized carbons (Fsp3) is 0.333. The van der Waals surface area contributed by atoms with E-state index in [1.807, 2.05) is 0 Å². The molecular formula is C12H12F4N2OS. The zero-order valence-electron chi connectivity index (χ0n) is 10.7. The van der Waals surface area contributed by atoms with Gasteiger partial charge in [-0.15, -0.1) is 0 Å². The molecule has 0 spiro atoms. The molecule has 8 heteroatoms. The van der Waals surface area contributed by atoms with E-state index in [0.717, 1.165) is 4.90 Å². The summed E-state index contributed by atoms with van der Waals surface area (Å²) in [5.41, 5.74) is 3.58. The maximum Gasteiger partial charge on any atom is 0.416 e. The SMILES string of the molecule is CC(C(N)=S)N(C)C(=O)c1cc(C(F)(F)F)ccc1F. The number of halogens is 4. The standard InChI is InChI=1S/C12H12F4N2OS/c1-6(10(17)20)18(2)11(19)8-5-7(12(14,15)16)3-4-9(8)13/h3-6H,1-2H3,(H2,17,20). The van der Waals surface area contributed by atoms with Crippen molar-refractivity contribution in [2.45, 2.75) is 19.1 Å². The number of hydrogen-bond acceptors (Lipinski definition) is 2. The number of alkyl halides is 3. The second-order valence-electron chi connectivity index (χ2n) is 4.19. The monoisotopic (exact) mass is 308 g/mol. The van der Waals surface area contributed by atoms with Crippen molar-refractivity contribution in [2.75, 3.05) is 7.05 Å². The molecule has 0 aliphatic rings. The predicted octanol–water partition coefficient (Wildman–Crippen LogP) is 2.59. The third-order valence-corrected chi connectivity index (χ3v) is 3.18. The van der Waals surface area contributed by atoms with E-state index in [1.54, 1.807) is 0 Å². The first kappa shape index (κ1) is 16.4. The Labute approximate surface area is 118 Å². The topological polar surface area (TPSA) is 46.3 Å². The van der Waals surface area contributed by atoms with Crippen molar-refractivity contribution >= 4 is 23.1 Å². The highest BCUT2D eigenvalue weighted by atomic mass is 32.1. The molecule has 0 aliphatic carbocycles. The van der Waals surface area contributed by atoms with Gasteiger partial charge >= 0.3 is 6.18 Å². The van der Waals surface area contributed by atoms with Gasteiger partial charge < -0.3 is 10.6 Å². The Morgan fingerprint density at radius 2 is 1.95 bits per heavy atom. The quantitative estimate of drug-likeness (QED) is 0.689. The summed E-state index contributed by atoms with van der Waals surface area (Å²) in [7, 11) is 1.28. The summed E-state index contributed by atoms with van der Waals surface area (Å²) in [5.74, 6) is -1.96. The Kier molecular flexibility index (Phi) is 4.69. The minimum atomic E-state index is -4.66. The van der Waals surface area contributed by atoms with Crippen molar-refractivity contribution in [3.8, 4) is 0 Å². The van der Waals surface area contributed by atoms with E-state index in [0.29, 0.717) is 18.2 Å². The van der Waals surface area contributed by atoms with Crippen LogP contribution in [0.4, 0.5) is 17.6 Å². The second kappa shape index (κ2) is 5.74. The van der Waals surface area contributed by atoms with Crippen LogP contribution < -0.4 is 5.73 Å². The lowest BCUT2D eigenvalue weighted by molar-refractivity contribution is -0.137. The summed E-state index contributed by atoms with van der Waals surface area (Å²) in [6, 6.07) is 0.949. The van der Waals surface area contributed by atoms with Crippen molar-refractivity contribution < 1.29 is 22.4 Å². The molecule has 0 radical (unpaired) electrons. The Hall–Kier alpha value is -1.70. The van der Waals surface area contributed by atoms with E-state index in [2.05, 4.69) is 0 Å². The Morgan fingerprint density at radius 1 is 1.40 bits per heavy atom. The number of nitrogens with zero attached hydrogens (tertiary/aromatic N) is 1. The Bertz CT molecular complexity index is 545. The van der Waals surface area contributed by atoms with Crippen molar-refractivity contribution in [2.24, 2.45) is 5.73 Å². The van der Waals surface area contributed by atoms with Crippen molar-refractivity contribution in [3.63, 3.8) is 0 Å². The molecule has 20 heavy (non-hydrogen) atoms. The molecule has 0 heterocycles. The normalized spacial score (nSPS) is 12.9. The largest absolute Gasteiger partial charge is 0.416 e. The van der Waals surface area contributed by atoms with Crippen LogP contribution in [0.1, 0.15) is 22.8 Å². The highest BCUT2D eigenvalue weighted by molar-refractivity contribution is 7.80. The van der Waals surface area contributed by atoms with Crippen LogP contribution in [0.25, 0.3) is 0 Å². The van der Waals surface area contributed by atoms with E-state index in [4.69, 9.17) is 18.0 Å². The summed E-state index contributed by atoms with van der Waals surface area (Å²) in [6.45, 7) is 1.49. The van der Waals surface area contributed by atoms with Gasteiger partial charge in [0.15, 0.2) is 0 Å². The molecule has 1 aromatic carbocycles. The zero-order chi connectivity index (χ0) is 15.7. The lowest BCUT2D eigenvalue weighted by Crippen LogP contribution is -2.43. The van der Waals surface area contributed by atoms with Crippen LogP contribution in [0.5, 0.6) is 0 Å². The van der Waals surface area contributed by atoms with E-state index >= 15 is 0 Å². The number of benzene rings is 1. The van der Waals surface area contributed by atoms with Crippen LogP contribution in [0.15, 0.2) is 18.2 Å². The van der Waals surface area contributed by atoms with Crippen LogP contribution in [-0.4, -0.2) is 28.9 Å². The van der Waals surface area contributed by atoms with Gasteiger partial charge in [-0.2, -0.15) is 13.2 Å². The molecule has 3 nitrogen and oxygen atoms in total. The maximum absolute atomic E-state index is 13.6. The lowest BCUT2D eigenvalue weighted by atomic mass is 10.1. The molecule has 1 amide bonds. The lowest BCUT2D eigenvalue weighted by Gasteiger charge is -2.24. The van der Waals surface area contributed by atoms with Gasteiger partial charge in [0.1, 0.15) is 5.82 Å². The summed E-state index contributed by atoms with van der Waals surface area (Å²) < 4.78 is 51.2. The summed E-state index contributed by atoms with van der Waals surface area (Å²) >= 11 is 4.69. The molecule has 2 N–H and O–H groups in total. The number of rotatable bonds is 3. The van der Waals surface area contributed by atoms with Gasteiger partial charge in [-0.25, -0.2) is 4.39 Å².